The fourth-order valence-electron chi connectivity index (χ4n) is 12.0. The zero-order chi connectivity index (χ0) is 52.6. The third-order valence-electron chi connectivity index (χ3n) is 16.8. The maximum Gasteiger partial charge on any atom is 0.407 e. The Hall–Kier alpha value is -6.52. The lowest BCUT2D eigenvalue weighted by atomic mass is 9.87. The van der Waals surface area contributed by atoms with Gasteiger partial charge < -0.3 is 39.9 Å². The van der Waals surface area contributed by atoms with Gasteiger partial charge in [0.05, 0.1) is 50.1 Å². The number of H-pyrrole nitrogens is 2. The van der Waals surface area contributed by atoms with Gasteiger partial charge >= 0.3 is 12.2 Å². The van der Waals surface area contributed by atoms with E-state index in [1.165, 1.54) is 58.7 Å². The summed E-state index contributed by atoms with van der Waals surface area (Å²) >= 11 is 3.30. The van der Waals surface area contributed by atoms with E-state index >= 15 is 0 Å². The van der Waals surface area contributed by atoms with Crippen molar-refractivity contribution in [2.45, 2.75) is 101 Å². The predicted octanol–water partition coefficient (Wildman–Crippen LogP) is 10.7. The van der Waals surface area contributed by atoms with E-state index in [2.05, 4.69) is 106 Å². The summed E-state index contributed by atoms with van der Waals surface area (Å²) in [6.07, 6.45) is 17.3. The highest BCUT2D eigenvalue weighted by molar-refractivity contribution is 7.98. The SMILES string of the molecule is COC(=O)NC(CCSC)C(=O)N1CC2(CC2)CC1c1ncc(-c2ccc(-c3cc4ccc3CCc3ccc(c(-c5ccc(-c6cnc(C7CC8(CC8)CN7C(=O)C(CCSC)NC(=O)OC)[nH]6)cc5)c3)CC4)cc2)[nH]1. The van der Waals surface area contributed by atoms with E-state index in [1.54, 1.807) is 23.5 Å². The second-order valence-electron chi connectivity index (χ2n) is 21.8. The Bertz CT molecular complexity index is 2900. The quantitative estimate of drug-likeness (QED) is 0.0730. The van der Waals surface area contributed by atoms with Crippen LogP contribution >= 0.6 is 23.5 Å². The highest BCUT2D eigenvalue weighted by Crippen LogP contribution is 2.59. The molecule has 4 atom stereocenters. The van der Waals surface area contributed by atoms with Gasteiger partial charge in [0.15, 0.2) is 0 Å². The molecule has 6 aromatic rings. The van der Waals surface area contributed by atoms with Crippen molar-refractivity contribution >= 4 is 47.5 Å². The van der Waals surface area contributed by atoms with Gasteiger partial charge in [0.25, 0.3) is 0 Å². The average Bonchev–Trinajstić information content (AvgIpc) is 4.13. The van der Waals surface area contributed by atoms with E-state index in [0.29, 0.717) is 25.9 Å². The molecule has 4 bridgehead atoms. The Kier molecular flexibility index (Phi) is 14.8. The molecule has 2 saturated heterocycles. The van der Waals surface area contributed by atoms with Crippen molar-refractivity contribution in [3.63, 3.8) is 0 Å². The van der Waals surface area contributed by atoms with Gasteiger partial charge in [0.1, 0.15) is 23.7 Å². The molecule has 16 heteroatoms. The van der Waals surface area contributed by atoms with Crippen LogP contribution in [0.1, 0.15) is 97.4 Å². The van der Waals surface area contributed by atoms with Gasteiger partial charge in [-0.25, -0.2) is 19.6 Å². The van der Waals surface area contributed by atoms with Crippen LogP contribution in [0.15, 0.2) is 97.3 Å². The topological polar surface area (TPSA) is 175 Å². The minimum Gasteiger partial charge on any atom is -0.453 e. The first-order valence-corrected chi connectivity index (χ1v) is 29.6. The van der Waals surface area contributed by atoms with Crippen LogP contribution in [-0.2, 0) is 44.7 Å². The van der Waals surface area contributed by atoms with Crippen LogP contribution < -0.4 is 10.6 Å². The summed E-state index contributed by atoms with van der Waals surface area (Å²) in [4.78, 5) is 73.5. The van der Waals surface area contributed by atoms with Crippen molar-refractivity contribution in [2.75, 3.05) is 51.3 Å². The molecule has 0 radical (unpaired) electrons. The maximum absolute atomic E-state index is 14.1. The van der Waals surface area contributed by atoms with Gasteiger partial charge in [-0.05, 0) is 168 Å². The van der Waals surface area contributed by atoms with E-state index in [-0.39, 0.29) is 34.7 Å². The summed E-state index contributed by atoms with van der Waals surface area (Å²) in [5, 5.41) is 5.60. The summed E-state index contributed by atoms with van der Waals surface area (Å²) in [6, 6.07) is 29.8. The summed E-state index contributed by atoms with van der Waals surface area (Å²) in [6.45, 7) is 1.34. The predicted molar refractivity (Wildman–Crippen MR) is 300 cm³/mol. The lowest BCUT2D eigenvalue weighted by molar-refractivity contribution is -0.135. The minimum absolute atomic E-state index is 0.0795. The number of aromatic nitrogens is 4. The molecule has 2 aromatic heterocycles. The molecule has 8 aliphatic rings. The number of aryl methyl sites for hydroxylation is 4. The Morgan fingerprint density at radius 1 is 0.592 bits per heavy atom. The number of ether oxygens (including phenoxy) is 2. The molecule has 4 heterocycles. The maximum atomic E-state index is 14.1. The first kappa shape index (κ1) is 51.6. The number of benzene rings is 4. The summed E-state index contributed by atoms with van der Waals surface area (Å²) in [7, 11) is 2.65. The largest absolute Gasteiger partial charge is 0.453 e. The number of carbonyl (C=O) groups is 4. The number of aromatic amines is 2. The number of nitrogens with zero attached hydrogens (tertiary/aromatic N) is 4. The molecule has 76 heavy (non-hydrogen) atoms. The first-order valence-electron chi connectivity index (χ1n) is 26.8. The van der Waals surface area contributed by atoms with Crippen LogP contribution in [0, 0.1) is 10.8 Å². The lowest BCUT2D eigenvalue weighted by Crippen LogP contribution is -2.49. The van der Waals surface area contributed by atoms with Crippen LogP contribution in [0.25, 0.3) is 44.8 Å². The van der Waals surface area contributed by atoms with Crippen LogP contribution in [0.4, 0.5) is 9.59 Å². The van der Waals surface area contributed by atoms with E-state index < -0.39 is 24.3 Å². The Labute approximate surface area is 453 Å². The van der Waals surface area contributed by atoms with Crippen molar-refractivity contribution in [3.8, 4) is 44.8 Å². The van der Waals surface area contributed by atoms with Crippen LogP contribution in [0.5, 0.6) is 0 Å². The molecule has 14 nitrogen and oxygen atoms in total. The van der Waals surface area contributed by atoms with E-state index in [0.717, 1.165) is 110 Å². The lowest BCUT2D eigenvalue weighted by Gasteiger charge is -2.28. The summed E-state index contributed by atoms with van der Waals surface area (Å²) in [5.74, 6) is 2.89. The number of nitrogens with one attached hydrogen (secondary N) is 4. The molecule has 4 N–H and O–H groups in total. The molecule has 2 aliphatic heterocycles. The fourth-order valence-corrected chi connectivity index (χ4v) is 12.9. The standard InChI is InChI=1S/C60H68N8O6S2/c1-73-57(71)65-47(21-27-75-3)55(69)67-35-59(23-24-59)31-51(67)53-61-33-49(63-53)43-17-13-41(14-18-43)45-29-37-5-9-39(45)11-7-38-6-10-40(12-8-37)46(30-38)42-15-19-44(20-16-42)50-34-62-54(64-50)52-32-60(25-26-60)36-68(52)56(70)48(22-28-76-4)66-58(72)74-2/h5-6,9-10,13-20,29-30,33-34,47-48,51-52H,7-8,11-12,21-28,31-32,35-36H2,1-4H3,(H,61,63)(H,62,64)(H,65,71)(H,66,72). The Morgan fingerprint density at radius 3 is 1.36 bits per heavy atom. The Balaban J connectivity index is 0.768. The molecular weight excluding hydrogens is 993 g/mol. The van der Waals surface area contributed by atoms with Gasteiger partial charge in [-0.2, -0.15) is 23.5 Å². The second-order valence-corrected chi connectivity index (χ2v) is 23.8. The zero-order valence-corrected chi connectivity index (χ0v) is 45.5. The number of alkyl carbamates (subject to hydrolysis) is 2. The smallest absolute Gasteiger partial charge is 0.407 e. The molecule has 4 fully saturated rings. The molecule has 396 valence electrons. The van der Waals surface area contributed by atoms with Crippen molar-refractivity contribution in [3.05, 3.63) is 131 Å². The van der Waals surface area contributed by atoms with Crippen molar-refractivity contribution < 1.29 is 28.7 Å². The first-order chi connectivity index (χ1) is 37.0. The number of imidazole rings is 2. The number of thioether (sulfide) groups is 2. The average molecular weight is 1060 g/mol. The second kappa shape index (κ2) is 21.8. The monoisotopic (exact) mass is 1060 g/mol. The fraction of sp³-hybridized carbons (Fsp3) is 0.433. The van der Waals surface area contributed by atoms with Gasteiger partial charge in [-0.3, -0.25) is 9.59 Å². The number of carbonyl (C=O) groups excluding carboxylic acids is 4. The third kappa shape index (κ3) is 10.9. The van der Waals surface area contributed by atoms with Crippen molar-refractivity contribution in [1.82, 2.24) is 40.4 Å². The van der Waals surface area contributed by atoms with Crippen molar-refractivity contribution in [2.24, 2.45) is 10.8 Å². The Morgan fingerprint density at radius 2 is 0.987 bits per heavy atom. The highest BCUT2D eigenvalue weighted by atomic mass is 32.2. The van der Waals surface area contributed by atoms with Gasteiger partial charge in [-0.15, -0.1) is 0 Å². The summed E-state index contributed by atoms with van der Waals surface area (Å²) < 4.78 is 9.76. The van der Waals surface area contributed by atoms with Gasteiger partial charge in [0.2, 0.25) is 11.8 Å². The van der Waals surface area contributed by atoms with Gasteiger partial charge in [0, 0.05) is 13.1 Å². The molecule has 4 aromatic carbocycles. The van der Waals surface area contributed by atoms with E-state index in [9.17, 15) is 19.2 Å². The van der Waals surface area contributed by atoms with Crippen LogP contribution in [-0.4, -0.2) is 117 Å². The number of likely N-dealkylation sites (tertiary alicyclic amines) is 2. The highest BCUT2D eigenvalue weighted by Gasteiger charge is 2.56. The number of hydrogen-bond donors (Lipinski definition) is 4. The molecule has 4 unspecified atom stereocenters. The molecule has 4 amide bonds. The van der Waals surface area contributed by atoms with Gasteiger partial charge in [-0.1, -0.05) is 84.9 Å². The van der Waals surface area contributed by atoms with E-state index in [1.807, 2.05) is 34.7 Å². The molecule has 14 rings (SSSR count). The molecule has 2 spiro atoms. The van der Waals surface area contributed by atoms with Crippen LogP contribution in [0.2, 0.25) is 0 Å². The number of amides is 4. The molecule has 6 aliphatic carbocycles. The molecular formula is C60H68N8O6S2. The van der Waals surface area contributed by atoms with E-state index in [4.69, 9.17) is 19.4 Å². The van der Waals surface area contributed by atoms with Crippen molar-refractivity contribution in [1.29, 1.82) is 0 Å². The van der Waals surface area contributed by atoms with Crippen LogP contribution in [0.3, 0.4) is 0 Å². The normalized spacial score (nSPS) is 19.5. The minimum atomic E-state index is -0.655. The number of hydrogen-bond acceptors (Lipinski definition) is 10. The number of methoxy groups -OCH3 is 2. The number of rotatable bonds is 16. The third-order valence-corrected chi connectivity index (χ3v) is 18.1. The zero-order valence-electron chi connectivity index (χ0n) is 43.9. The summed E-state index contributed by atoms with van der Waals surface area (Å²) in [5.41, 5.74) is 14.3. The molecule has 2 saturated carbocycles.